The van der Waals surface area contributed by atoms with Crippen LogP contribution in [0.3, 0.4) is 0 Å². The highest BCUT2D eigenvalue weighted by atomic mass is 16.3. The second-order valence-corrected chi connectivity index (χ2v) is 7.92. The van der Waals surface area contributed by atoms with E-state index >= 15 is 0 Å². The summed E-state index contributed by atoms with van der Waals surface area (Å²) in [7, 11) is 0. The van der Waals surface area contributed by atoms with Gasteiger partial charge in [0.05, 0.1) is 17.4 Å². The molecule has 1 aliphatic rings. The molecular weight excluding hydrogens is 314 g/mol. The highest BCUT2D eigenvalue weighted by molar-refractivity contribution is 5.72. The summed E-state index contributed by atoms with van der Waals surface area (Å²) in [5.41, 5.74) is 2.81. The first-order chi connectivity index (χ1) is 12.0. The molecule has 6 heteroatoms. The van der Waals surface area contributed by atoms with Crippen molar-refractivity contribution < 1.29 is 4.42 Å². The van der Waals surface area contributed by atoms with Crippen LogP contribution in [-0.4, -0.2) is 38.0 Å². The van der Waals surface area contributed by atoms with E-state index < -0.39 is 0 Å². The van der Waals surface area contributed by atoms with E-state index in [4.69, 9.17) is 4.42 Å². The smallest absolute Gasteiger partial charge is 0.199 e. The zero-order chi connectivity index (χ0) is 17.4. The fourth-order valence-corrected chi connectivity index (χ4v) is 3.39. The van der Waals surface area contributed by atoms with E-state index in [0.29, 0.717) is 5.92 Å². The lowest BCUT2D eigenvalue weighted by Crippen LogP contribution is -2.34. The van der Waals surface area contributed by atoms with Crippen LogP contribution in [0.4, 0.5) is 0 Å². The van der Waals surface area contributed by atoms with Gasteiger partial charge in [0, 0.05) is 19.0 Å². The number of hydrogen-bond acceptors (Lipinski definition) is 5. The van der Waals surface area contributed by atoms with Crippen molar-refractivity contribution in [3.8, 4) is 0 Å². The van der Waals surface area contributed by atoms with Gasteiger partial charge >= 0.3 is 0 Å². The number of fused-ring (bicyclic) bond motifs is 1. The molecule has 4 rings (SSSR count). The number of benzene rings is 1. The van der Waals surface area contributed by atoms with Crippen LogP contribution in [0.1, 0.15) is 51.1 Å². The maximum absolute atomic E-state index is 5.98. The number of likely N-dealkylation sites (tertiary alicyclic amines) is 1. The lowest BCUT2D eigenvalue weighted by atomic mass is 9.98. The van der Waals surface area contributed by atoms with Crippen LogP contribution >= 0.6 is 0 Å². The Kier molecular flexibility index (Phi) is 4.07. The van der Waals surface area contributed by atoms with Gasteiger partial charge < -0.3 is 4.42 Å². The van der Waals surface area contributed by atoms with Crippen molar-refractivity contribution >= 4 is 11.1 Å². The molecule has 0 amide bonds. The van der Waals surface area contributed by atoms with Crippen LogP contribution in [0.15, 0.2) is 34.9 Å². The minimum atomic E-state index is -0.0339. The summed E-state index contributed by atoms with van der Waals surface area (Å²) in [4.78, 5) is 7.12. The molecule has 0 bridgehead atoms. The first-order valence-electron chi connectivity index (χ1n) is 8.98. The zero-order valence-corrected chi connectivity index (χ0v) is 15.1. The third-order valence-corrected chi connectivity index (χ3v) is 4.78. The van der Waals surface area contributed by atoms with Crippen LogP contribution < -0.4 is 0 Å². The summed E-state index contributed by atoms with van der Waals surface area (Å²) in [6.07, 6.45) is 4.33. The van der Waals surface area contributed by atoms with E-state index in [9.17, 15) is 0 Å². The van der Waals surface area contributed by atoms with Gasteiger partial charge in [0.25, 0.3) is 0 Å². The first-order valence-corrected chi connectivity index (χ1v) is 8.98. The van der Waals surface area contributed by atoms with Gasteiger partial charge in [-0.3, -0.25) is 4.90 Å². The van der Waals surface area contributed by atoms with Crippen LogP contribution in [-0.2, 0) is 12.1 Å². The van der Waals surface area contributed by atoms with Gasteiger partial charge in [0.2, 0.25) is 0 Å². The first kappa shape index (κ1) is 16.3. The number of piperidine rings is 1. The minimum absolute atomic E-state index is 0.0339. The molecular formula is C19H25N5O. The summed E-state index contributed by atoms with van der Waals surface area (Å²) in [5.74, 6) is 1.21. The Morgan fingerprint density at radius 3 is 2.84 bits per heavy atom. The van der Waals surface area contributed by atoms with Crippen molar-refractivity contribution in [2.45, 2.75) is 51.6 Å². The van der Waals surface area contributed by atoms with Gasteiger partial charge in [-0.05, 0) is 52.3 Å². The summed E-state index contributed by atoms with van der Waals surface area (Å²) in [6.45, 7) is 9.27. The number of rotatable bonds is 3. The van der Waals surface area contributed by atoms with Crippen molar-refractivity contribution in [2.24, 2.45) is 0 Å². The van der Waals surface area contributed by atoms with E-state index in [1.807, 2.05) is 28.9 Å². The number of aromatic nitrogens is 4. The van der Waals surface area contributed by atoms with Crippen molar-refractivity contribution in [1.82, 2.24) is 24.9 Å². The summed E-state index contributed by atoms with van der Waals surface area (Å²) >= 11 is 0. The Balaban J connectivity index is 1.46. The zero-order valence-electron chi connectivity index (χ0n) is 15.1. The molecule has 0 N–H and O–H groups in total. The van der Waals surface area contributed by atoms with Crippen LogP contribution in [0.5, 0.6) is 0 Å². The van der Waals surface area contributed by atoms with Crippen molar-refractivity contribution in [1.29, 1.82) is 0 Å². The third-order valence-electron chi connectivity index (χ3n) is 4.78. The lowest BCUT2D eigenvalue weighted by molar-refractivity contribution is 0.185. The van der Waals surface area contributed by atoms with Gasteiger partial charge in [0.15, 0.2) is 11.5 Å². The Labute approximate surface area is 147 Å². The van der Waals surface area contributed by atoms with E-state index in [2.05, 4.69) is 47.2 Å². The minimum Gasteiger partial charge on any atom is -0.440 e. The van der Waals surface area contributed by atoms with E-state index in [-0.39, 0.29) is 5.54 Å². The standard InChI is InChI=1S/C19H25N5O/c1-19(2,3)24-13-15(21-22-24)12-23-10-6-7-14(11-23)18-20-16-8-4-5-9-17(16)25-18/h4-5,8-9,13-14H,6-7,10-12H2,1-3H3. The maximum Gasteiger partial charge on any atom is 0.199 e. The monoisotopic (exact) mass is 339 g/mol. The van der Waals surface area contributed by atoms with Crippen molar-refractivity contribution in [2.75, 3.05) is 13.1 Å². The van der Waals surface area contributed by atoms with Gasteiger partial charge in [-0.25, -0.2) is 9.67 Å². The van der Waals surface area contributed by atoms with Gasteiger partial charge in [0.1, 0.15) is 5.52 Å². The van der Waals surface area contributed by atoms with Crippen LogP contribution in [0.2, 0.25) is 0 Å². The number of para-hydroxylation sites is 2. The number of nitrogens with zero attached hydrogens (tertiary/aromatic N) is 5. The van der Waals surface area contributed by atoms with Gasteiger partial charge in [-0.15, -0.1) is 5.10 Å². The third kappa shape index (κ3) is 3.44. The predicted molar refractivity (Wildman–Crippen MR) is 96.3 cm³/mol. The molecule has 1 atom stereocenters. The molecule has 3 heterocycles. The highest BCUT2D eigenvalue weighted by Gasteiger charge is 2.26. The number of hydrogen-bond donors (Lipinski definition) is 0. The Hall–Kier alpha value is -2.21. The van der Waals surface area contributed by atoms with Crippen LogP contribution in [0, 0.1) is 0 Å². The normalized spacial score (nSPS) is 19.6. The average Bonchev–Trinajstić information content (AvgIpc) is 3.21. The average molecular weight is 339 g/mol. The molecule has 1 aliphatic heterocycles. The molecule has 132 valence electrons. The molecule has 0 spiro atoms. The molecule has 1 aromatic carbocycles. The van der Waals surface area contributed by atoms with Crippen LogP contribution in [0.25, 0.3) is 11.1 Å². The summed E-state index contributed by atoms with van der Waals surface area (Å²) < 4.78 is 7.92. The Morgan fingerprint density at radius 1 is 1.24 bits per heavy atom. The van der Waals surface area contributed by atoms with E-state index in [0.717, 1.165) is 55.2 Å². The predicted octanol–water partition coefficient (Wildman–Crippen LogP) is 3.55. The molecule has 1 saturated heterocycles. The Bertz CT molecular complexity index is 827. The molecule has 1 unspecified atom stereocenters. The Morgan fingerprint density at radius 2 is 2.08 bits per heavy atom. The van der Waals surface area contributed by atoms with Crippen molar-refractivity contribution in [3.63, 3.8) is 0 Å². The molecule has 0 aliphatic carbocycles. The molecule has 0 radical (unpaired) electrons. The second-order valence-electron chi connectivity index (χ2n) is 7.92. The molecule has 1 fully saturated rings. The highest BCUT2D eigenvalue weighted by Crippen LogP contribution is 2.29. The molecule has 3 aromatic rings. The van der Waals surface area contributed by atoms with Crippen molar-refractivity contribution in [3.05, 3.63) is 42.0 Å². The van der Waals surface area contributed by atoms with E-state index in [1.165, 1.54) is 0 Å². The second kappa shape index (κ2) is 6.26. The summed E-state index contributed by atoms with van der Waals surface area (Å²) in [6, 6.07) is 7.98. The maximum atomic E-state index is 5.98. The van der Waals surface area contributed by atoms with E-state index in [1.54, 1.807) is 0 Å². The molecule has 25 heavy (non-hydrogen) atoms. The largest absolute Gasteiger partial charge is 0.440 e. The number of oxazole rings is 1. The quantitative estimate of drug-likeness (QED) is 0.730. The molecule has 2 aromatic heterocycles. The fourth-order valence-electron chi connectivity index (χ4n) is 3.39. The fraction of sp³-hybridized carbons (Fsp3) is 0.526. The summed E-state index contributed by atoms with van der Waals surface area (Å²) in [5, 5.41) is 8.61. The lowest BCUT2D eigenvalue weighted by Gasteiger charge is -2.30. The van der Waals surface area contributed by atoms with Gasteiger partial charge in [-0.1, -0.05) is 17.3 Å². The topological polar surface area (TPSA) is 60.0 Å². The van der Waals surface area contributed by atoms with Gasteiger partial charge in [-0.2, -0.15) is 0 Å². The molecule has 6 nitrogen and oxygen atoms in total. The SMILES string of the molecule is CC(C)(C)n1cc(CN2CCCC(c3nc4ccccc4o3)C2)nn1. The molecule has 0 saturated carbocycles.